The number of amides is 3. The quantitative estimate of drug-likeness (QED) is 0.110. The number of aromatic nitrogens is 5. The van der Waals surface area contributed by atoms with Gasteiger partial charge in [-0.2, -0.15) is 33.2 Å². The van der Waals surface area contributed by atoms with Gasteiger partial charge in [-0.05, 0) is 54.8 Å². The lowest BCUT2D eigenvalue weighted by Crippen LogP contribution is -2.50. The molecule has 0 spiro atoms. The number of hydrogen-bond donors (Lipinski definition) is 6. The van der Waals surface area contributed by atoms with Gasteiger partial charge in [0.15, 0.2) is 12.4 Å². The minimum Gasteiger partial charge on any atom is -0.480 e. The first-order valence-corrected chi connectivity index (χ1v) is 15.1. The number of nitrogens with one attached hydrogen (secondary N) is 5. The third-order valence-electron chi connectivity index (χ3n) is 7.11. The van der Waals surface area contributed by atoms with E-state index in [1.807, 2.05) is 12.1 Å². The maximum absolute atomic E-state index is 12.9. The summed E-state index contributed by atoms with van der Waals surface area (Å²) in [5.74, 6) is -4.64. The fourth-order valence-corrected chi connectivity index (χ4v) is 4.60. The van der Waals surface area contributed by atoms with Crippen LogP contribution >= 0.6 is 11.6 Å². The number of anilines is 4. The van der Waals surface area contributed by atoms with E-state index in [-0.39, 0.29) is 23.3 Å². The number of carbonyl (C=O) groups is 4. The van der Waals surface area contributed by atoms with Crippen molar-refractivity contribution in [2.24, 2.45) is 7.05 Å². The van der Waals surface area contributed by atoms with E-state index in [2.05, 4.69) is 46.6 Å². The monoisotopic (exact) mass is 716 g/mol. The van der Waals surface area contributed by atoms with E-state index in [1.54, 1.807) is 19.2 Å². The summed E-state index contributed by atoms with van der Waals surface area (Å²) in [7, 11) is 1.60. The van der Waals surface area contributed by atoms with Crippen molar-refractivity contribution in [1.29, 1.82) is 0 Å². The van der Waals surface area contributed by atoms with Crippen molar-refractivity contribution in [3.8, 4) is 6.01 Å². The number of aliphatic carboxylic acids is 1. The lowest BCUT2D eigenvalue weighted by atomic mass is 10.1. The second-order valence-electron chi connectivity index (χ2n) is 11.0. The highest BCUT2D eigenvalue weighted by Crippen LogP contribution is 2.48. The Morgan fingerprint density at radius 1 is 0.980 bits per heavy atom. The molecule has 1 aliphatic carbocycles. The van der Waals surface area contributed by atoms with E-state index in [1.165, 1.54) is 41.2 Å². The fraction of sp³-hybridized carbons (Fsp3) is 0.267. The molecule has 0 saturated heterocycles. The topological polar surface area (TPSA) is 214 Å². The van der Waals surface area contributed by atoms with Gasteiger partial charge in [-0.3, -0.25) is 19.1 Å². The summed E-state index contributed by atoms with van der Waals surface area (Å²) < 4.78 is 44.9. The van der Waals surface area contributed by atoms with E-state index >= 15 is 0 Å². The number of carbonyl (C=O) groups excluding carboxylic acids is 3. The van der Waals surface area contributed by atoms with Crippen LogP contribution in [0.1, 0.15) is 28.8 Å². The van der Waals surface area contributed by atoms with E-state index in [4.69, 9.17) is 16.3 Å². The van der Waals surface area contributed by atoms with Crippen LogP contribution in [0.15, 0.2) is 60.8 Å². The molecule has 5 rings (SSSR count). The lowest BCUT2D eigenvalue weighted by Gasteiger charge is -2.19. The molecule has 16 nitrogen and oxygen atoms in total. The van der Waals surface area contributed by atoms with Crippen LogP contribution in [0.2, 0.25) is 5.02 Å². The van der Waals surface area contributed by atoms with Crippen LogP contribution < -0.4 is 31.3 Å². The molecule has 0 aliphatic heterocycles. The van der Waals surface area contributed by atoms with Crippen LogP contribution in [0.3, 0.4) is 0 Å². The number of carboxylic acids is 1. The number of halogens is 4. The summed E-state index contributed by atoms with van der Waals surface area (Å²) in [5, 5.41) is 26.6. The minimum atomic E-state index is -4.65. The van der Waals surface area contributed by atoms with Gasteiger partial charge in [0, 0.05) is 42.1 Å². The van der Waals surface area contributed by atoms with Crippen molar-refractivity contribution in [2.45, 2.75) is 30.6 Å². The zero-order valence-corrected chi connectivity index (χ0v) is 26.7. The van der Waals surface area contributed by atoms with Crippen molar-refractivity contribution in [2.75, 3.05) is 29.1 Å². The van der Waals surface area contributed by atoms with Gasteiger partial charge in [0.05, 0.1) is 5.54 Å². The van der Waals surface area contributed by atoms with Crippen molar-refractivity contribution in [3.05, 3.63) is 76.9 Å². The average Bonchev–Trinajstić information content (AvgIpc) is 3.72. The Kier molecular flexibility index (Phi) is 10.3. The Balaban J connectivity index is 1.23. The van der Waals surface area contributed by atoms with Crippen molar-refractivity contribution in [3.63, 3.8) is 0 Å². The number of hydrogen-bond acceptors (Lipinski definition) is 11. The van der Waals surface area contributed by atoms with Crippen molar-refractivity contribution >= 4 is 58.7 Å². The predicted molar refractivity (Wildman–Crippen MR) is 171 cm³/mol. The normalized spacial score (nSPS) is 13.8. The molecular weight excluding hydrogens is 689 g/mol. The summed E-state index contributed by atoms with van der Waals surface area (Å²) in [6.45, 7) is -2.25. The number of nitrogens with zero attached hydrogens (tertiary/aromatic N) is 5. The Morgan fingerprint density at radius 3 is 2.26 bits per heavy atom. The number of carboxylic acid groups (broad SMARTS) is 1. The largest absolute Gasteiger partial charge is 0.480 e. The number of aryl methyl sites for hydroxylation is 1. The third kappa shape index (κ3) is 9.56. The van der Waals surface area contributed by atoms with Gasteiger partial charge in [-0.15, -0.1) is 0 Å². The van der Waals surface area contributed by atoms with Gasteiger partial charge in [0.25, 0.3) is 5.91 Å². The highest BCUT2D eigenvalue weighted by molar-refractivity contribution is 6.39. The van der Waals surface area contributed by atoms with Gasteiger partial charge in [0.2, 0.25) is 11.9 Å². The van der Waals surface area contributed by atoms with E-state index in [0.717, 1.165) is 5.56 Å². The molecule has 6 N–H and O–H groups in total. The van der Waals surface area contributed by atoms with Crippen molar-refractivity contribution in [1.82, 2.24) is 35.4 Å². The minimum absolute atomic E-state index is 0.0202. The highest BCUT2D eigenvalue weighted by Gasteiger charge is 2.45. The average molecular weight is 717 g/mol. The van der Waals surface area contributed by atoms with Gasteiger partial charge in [0.1, 0.15) is 6.04 Å². The first-order valence-electron chi connectivity index (χ1n) is 14.7. The Bertz CT molecular complexity index is 1890. The molecule has 0 bridgehead atoms. The maximum atomic E-state index is 12.9. The summed E-state index contributed by atoms with van der Waals surface area (Å²) in [4.78, 5) is 61.0. The molecule has 0 unspecified atom stereocenters. The molecule has 2 heterocycles. The van der Waals surface area contributed by atoms with E-state index in [0.29, 0.717) is 23.6 Å². The third-order valence-corrected chi connectivity index (χ3v) is 7.36. The van der Waals surface area contributed by atoms with Gasteiger partial charge < -0.3 is 36.4 Å². The zero-order chi connectivity index (χ0) is 36.1. The Morgan fingerprint density at radius 2 is 1.66 bits per heavy atom. The van der Waals surface area contributed by atoms with Gasteiger partial charge >= 0.3 is 30.0 Å². The first-order chi connectivity index (χ1) is 23.7. The number of benzene rings is 2. The molecule has 3 amide bonds. The molecule has 1 aliphatic rings. The number of ether oxygens (including phenoxy) is 1. The van der Waals surface area contributed by atoms with Gasteiger partial charge in [-0.1, -0.05) is 23.7 Å². The van der Waals surface area contributed by atoms with Crippen LogP contribution in [0.25, 0.3) is 0 Å². The molecule has 2 aromatic carbocycles. The molecule has 4 aromatic rings. The Hall–Kier alpha value is -5.98. The Labute approximate surface area is 285 Å². The first kappa shape index (κ1) is 35.3. The standard InChI is InChI=1S/C30H28ClF3N10O6/c1-44-13-10-21(43-44)38-24(47)23(46)35-14-20(25(48)49)37-22(45)16-2-8-19(9-3-16)36-26-39-27(41-28(40-26)50-15-30(32,33)34)42-29(11-12-29)17-4-6-18(31)7-5-17/h2-10,13,20H,11-12,14-15H2,1H3,(H,35,46)(H,37,45)(H,48,49)(H,38,43,47)(H2,36,39,40,41,42)/t20-/m0/s1. The number of rotatable bonds is 13. The van der Waals surface area contributed by atoms with E-state index < -0.39 is 60.6 Å². The second-order valence-corrected chi connectivity index (χ2v) is 11.4. The molecule has 262 valence electrons. The lowest BCUT2D eigenvalue weighted by molar-refractivity contribution is -0.154. The number of alkyl halides is 3. The predicted octanol–water partition coefficient (Wildman–Crippen LogP) is 2.98. The van der Waals surface area contributed by atoms with Gasteiger partial charge in [-0.25, -0.2) is 4.79 Å². The molecule has 2 aromatic heterocycles. The van der Waals surface area contributed by atoms with Crippen LogP contribution in [0.4, 0.5) is 36.6 Å². The summed E-state index contributed by atoms with van der Waals surface area (Å²) in [6.07, 6.45) is -1.72. The molecule has 1 atom stereocenters. The molecule has 1 fully saturated rings. The van der Waals surface area contributed by atoms with Crippen molar-refractivity contribution < 1.29 is 42.2 Å². The smallest absolute Gasteiger partial charge is 0.422 e. The van der Waals surface area contributed by atoms with Crippen LogP contribution in [0.5, 0.6) is 6.01 Å². The van der Waals surface area contributed by atoms with Crippen LogP contribution in [-0.2, 0) is 27.0 Å². The highest BCUT2D eigenvalue weighted by atomic mass is 35.5. The van der Waals surface area contributed by atoms with Crippen LogP contribution in [0, 0.1) is 0 Å². The fourth-order valence-electron chi connectivity index (χ4n) is 4.48. The molecule has 20 heteroatoms. The van der Waals surface area contributed by atoms with E-state index in [9.17, 15) is 37.5 Å². The molecule has 0 radical (unpaired) electrons. The molecule has 1 saturated carbocycles. The SMILES string of the molecule is Cn1ccc(NC(=O)C(=O)NC[C@H](NC(=O)c2ccc(Nc3nc(NC4(c5ccc(Cl)cc5)CC4)nc(OCC(F)(F)F)n3)cc2)C(=O)O)n1. The maximum Gasteiger partial charge on any atom is 0.422 e. The second kappa shape index (κ2) is 14.6. The summed E-state index contributed by atoms with van der Waals surface area (Å²) in [6, 6.07) is 11.8. The summed E-state index contributed by atoms with van der Waals surface area (Å²) >= 11 is 6.00. The molecular formula is C30H28ClF3N10O6. The molecule has 50 heavy (non-hydrogen) atoms. The zero-order valence-electron chi connectivity index (χ0n) is 25.9. The summed E-state index contributed by atoms with van der Waals surface area (Å²) in [5.41, 5.74) is 0.636. The van der Waals surface area contributed by atoms with Crippen LogP contribution in [-0.4, -0.2) is 78.9 Å².